The molecule has 1 aliphatic heterocycles. The van der Waals surface area contributed by atoms with Crippen LogP contribution in [0.5, 0.6) is 0 Å². The summed E-state index contributed by atoms with van der Waals surface area (Å²) in [5, 5.41) is 0. The topological polar surface area (TPSA) is 8.81 Å². The molecule has 27 heavy (non-hydrogen) atoms. The molecule has 2 heterocycles. The van der Waals surface area contributed by atoms with Crippen molar-refractivity contribution in [3.63, 3.8) is 0 Å². The molecule has 1 aromatic heterocycles. The number of benzene rings is 3. The molecule has 3 heteroatoms. The molecule has 0 saturated carbocycles. The lowest BCUT2D eigenvalue weighted by Crippen LogP contribution is -2.39. The lowest BCUT2D eigenvalue weighted by molar-refractivity contribution is -0.606. The minimum absolute atomic E-state index is 0. The minimum atomic E-state index is 0. The third-order valence-electron chi connectivity index (χ3n) is 5.26. The van der Waals surface area contributed by atoms with E-state index < -0.39 is 0 Å². The van der Waals surface area contributed by atoms with Crippen molar-refractivity contribution in [2.45, 2.75) is 19.8 Å². The average Bonchev–Trinajstić information content (AvgIpc) is 3.09. The number of fused-ring (bicyclic) bond motifs is 3. The molecule has 0 amide bonds. The van der Waals surface area contributed by atoms with Crippen LogP contribution in [0, 0.1) is 6.92 Å². The number of para-hydroxylation sites is 2. The highest BCUT2D eigenvalue weighted by Crippen LogP contribution is 2.29. The molecular weight excluding hydrogens is 396 g/mol. The molecule has 134 valence electrons. The van der Waals surface area contributed by atoms with E-state index in [0.717, 1.165) is 12.8 Å². The molecule has 0 saturated heterocycles. The number of halogens is 1. The van der Waals surface area contributed by atoms with E-state index in [1.165, 1.54) is 39.6 Å². The van der Waals surface area contributed by atoms with Gasteiger partial charge in [0.2, 0.25) is 0 Å². The highest BCUT2D eigenvalue weighted by atomic mass is 79.9. The Balaban J connectivity index is 0.00000180. The van der Waals surface area contributed by atoms with E-state index in [0.29, 0.717) is 0 Å². The molecule has 0 N–H and O–H groups in total. The van der Waals surface area contributed by atoms with Gasteiger partial charge < -0.3 is 0 Å². The number of rotatable bonds is 2. The summed E-state index contributed by atoms with van der Waals surface area (Å²) in [5.74, 6) is 1.34. The van der Waals surface area contributed by atoms with E-state index in [9.17, 15) is 0 Å². The summed E-state index contributed by atoms with van der Waals surface area (Å²) < 4.78 is 4.79. The van der Waals surface area contributed by atoms with E-state index in [2.05, 4.69) is 101 Å². The van der Waals surface area contributed by atoms with Crippen molar-refractivity contribution in [2.75, 3.05) is 0 Å². The first-order valence-corrected chi connectivity index (χ1v) is 9.18. The van der Waals surface area contributed by atoms with E-state index >= 15 is 0 Å². The quantitative estimate of drug-likeness (QED) is 0.385. The van der Waals surface area contributed by atoms with E-state index in [1.807, 2.05) is 0 Å². The Hall–Kier alpha value is -2.65. The largest absolute Gasteiger partial charge is 0.267 e. The minimum Gasteiger partial charge on any atom is -0.198 e. The lowest BCUT2D eigenvalue weighted by Gasteiger charge is -2.13. The normalized spacial score (nSPS) is 12.0. The smallest absolute Gasteiger partial charge is 0.198 e. The number of hydrogen-bond acceptors (Lipinski definition) is 0. The van der Waals surface area contributed by atoms with Gasteiger partial charge in [-0.3, -0.25) is 0 Å². The molecule has 3 aromatic carbocycles. The summed E-state index contributed by atoms with van der Waals surface area (Å²) in [6, 6.07) is 28.3. The van der Waals surface area contributed by atoms with Gasteiger partial charge in [-0.1, -0.05) is 66.2 Å². The molecule has 4 aromatic rings. The third kappa shape index (κ3) is 3.02. The fourth-order valence-electron chi connectivity index (χ4n) is 3.94. The Morgan fingerprint density at radius 2 is 1.48 bits per heavy atom. The highest BCUT2D eigenvalue weighted by molar-refractivity contribution is 8.93. The number of imidazole rings is 1. The van der Waals surface area contributed by atoms with Crippen LogP contribution >= 0.6 is 17.0 Å². The Kier molecular flexibility index (Phi) is 4.71. The van der Waals surface area contributed by atoms with E-state index in [4.69, 9.17) is 0 Å². The summed E-state index contributed by atoms with van der Waals surface area (Å²) in [6.07, 6.45) is 4.42. The van der Waals surface area contributed by atoms with Crippen LogP contribution in [0.1, 0.15) is 17.0 Å². The average molecular weight is 418 g/mol. The van der Waals surface area contributed by atoms with Crippen molar-refractivity contribution < 1.29 is 4.57 Å². The molecule has 5 rings (SSSR count). The maximum absolute atomic E-state index is 2.42. The summed E-state index contributed by atoms with van der Waals surface area (Å²) in [5.41, 5.74) is 7.72. The first kappa shape index (κ1) is 17.7. The summed E-state index contributed by atoms with van der Waals surface area (Å²) >= 11 is 0. The van der Waals surface area contributed by atoms with Gasteiger partial charge in [-0.05, 0) is 37.1 Å². The van der Waals surface area contributed by atoms with Crippen molar-refractivity contribution >= 4 is 17.0 Å². The van der Waals surface area contributed by atoms with Crippen LogP contribution in [-0.4, -0.2) is 4.57 Å². The van der Waals surface area contributed by atoms with Gasteiger partial charge in [-0.2, -0.15) is 9.13 Å². The van der Waals surface area contributed by atoms with Crippen LogP contribution in [-0.2, 0) is 12.8 Å². The third-order valence-corrected chi connectivity index (χ3v) is 5.26. The predicted octanol–water partition coefficient (Wildman–Crippen LogP) is 5.41. The lowest BCUT2D eigenvalue weighted by atomic mass is 10.0. The zero-order valence-corrected chi connectivity index (χ0v) is 17.0. The first-order chi connectivity index (χ1) is 12.8. The van der Waals surface area contributed by atoms with Gasteiger partial charge in [0.1, 0.15) is 17.6 Å². The number of hydrogen-bond donors (Lipinski definition) is 0. The zero-order valence-electron chi connectivity index (χ0n) is 15.3. The van der Waals surface area contributed by atoms with Gasteiger partial charge in [-0.25, -0.2) is 0 Å². The fraction of sp³-hybridized carbons (Fsp3) is 0.125. The van der Waals surface area contributed by atoms with Gasteiger partial charge >= 0.3 is 0 Å². The summed E-state index contributed by atoms with van der Waals surface area (Å²) in [6.45, 7) is 2.13. The Bertz CT molecular complexity index is 1080. The van der Waals surface area contributed by atoms with Crippen LogP contribution in [0.4, 0.5) is 0 Å². The standard InChI is InChI=1S/C24H21N2.BrH/c1-18-11-13-20(14-12-18)23-17-25-22-10-6-5-7-19(22)15-16-24(25)26(23)21-8-3-2-4-9-21;/h2-14,17H,15-16H2,1H3;1H/q+1;. The molecule has 0 spiro atoms. The Labute approximate surface area is 170 Å². The molecular formula is C24H22BrN2+. The Morgan fingerprint density at radius 1 is 0.778 bits per heavy atom. The number of aromatic nitrogens is 2. The number of nitrogens with zero attached hydrogens (tertiary/aromatic N) is 2. The molecule has 0 atom stereocenters. The molecule has 0 unspecified atom stereocenters. The second-order valence-corrected chi connectivity index (χ2v) is 6.97. The van der Waals surface area contributed by atoms with Crippen LogP contribution in [0.25, 0.3) is 22.6 Å². The molecule has 2 nitrogen and oxygen atoms in total. The van der Waals surface area contributed by atoms with Crippen LogP contribution in [0.2, 0.25) is 0 Å². The highest BCUT2D eigenvalue weighted by Gasteiger charge is 2.30. The van der Waals surface area contributed by atoms with Gasteiger partial charge in [-0.15, -0.1) is 17.0 Å². The SMILES string of the molecule is Br.Cc1ccc(-c2c[n+]3c(n2-c2ccccc2)CCc2ccccc2-3)cc1. The molecule has 0 aliphatic carbocycles. The maximum Gasteiger partial charge on any atom is 0.267 e. The van der Waals surface area contributed by atoms with Crippen LogP contribution in [0.15, 0.2) is 85.1 Å². The fourth-order valence-corrected chi connectivity index (χ4v) is 3.94. The second-order valence-electron chi connectivity index (χ2n) is 6.97. The zero-order chi connectivity index (χ0) is 17.5. The van der Waals surface area contributed by atoms with Crippen LogP contribution in [0.3, 0.4) is 0 Å². The molecule has 1 aliphatic rings. The maximum atomic E-state index is 2.42. The van der Waals surface area contributed by atoms with Gasteiger partial charge in [0.05, 0.1) is 6.42 Å². The first-order valence-electron chi connectivity index (χ1n) is 9.18. The van der Waals surface area contributed by atoms with Crippen molar-refractivity contribution in [1.29, 1.82) is 0 Å². The second kappa shape index (κ2) is 7.16. The summed E-state index contributed by atoms with van der Waals surface area (Å²) in [7, 11) is 0. The predicted molar refractivity (Wildman–Crippen MR) is 115 cm³/mol. The van der Waals surface area contributed by atoms with Crippen molar-refractivity contribution in [2.24, 2.45) is 0 Å². The van der Waals surface area contributed by atoms with Crippen molar-refractivity contribution in [3.8, 4) is 22.6 Å². The molecule has 0 bridgehead atoms. The Morgan fingerprint density at radius 3 is 2.26 bits per heavy atom. The summed E-state index contributed by atoms with van der Waals surface area (Å²) in [4.78, 5) is 0. The van der Waals surface area contributed by atoms with Crippen molar-refractivity contribution in [3.05, 3.63) is 102 Å². The number of aryl methyl sites for hydroxylation is 2. The van der Waals surface area contributed by atoms with Crippen LogP contribution < -0.4 is 4.57 Å². The molecule has 0 fully saturated rings. The van der Waals surface area contributed by atoms with Gasteiger partial charge in [0.15, 0.2) is 5.69 Å². The van der Waals surface area contributed by atoms with Gasteiger partial charge in [0.25, 0.3) is 5.82 Å². The monoisotopic (exact) mass is 417 g/mol. The van der Waals surface area contributed by atoms with E-state index in [-0.39, 0.29) is 17.0 Å². The van der Waals surface area contributed by atoms with E-state index in [1.54, 1.807) is 0 Å². The van der Waals surface area contributed by atoms with Crippen molar-refractivity contribution in [1.82, 2.24) is 4.57 Å². The molecule has 0 radical (unpaired) electrons. The van der Waals surface area contributed by atoms with Gasteiger partial charge in [0, 0.05) is 5.56 Å².